The second-order valence-electron chi connectivity index (χ2n) is 6.43. The number of nitrogens with zero attached hydrogens (tertiary/aromatic N) is 4. The van der Waals surface area contributed by atoms with Gasteiger partial charge in [0, 0.05) is 5.56 Å². The fraction of sp³-hybridized carbons (Fsp3) is 0.143. The van der Waals surface area contributed by atoms with Gasteiger partial charge in [-0.3, -0.25) is 15.2 Å². The Morgan fingerprint density at radius 3 is 2.57 bits per heavy atom. The van der Waals surface area contributed by atoms with Crippen LogP contribution >= 0.6 is 0 Å². The predicted molar refractivity (Wildman–Crippen MR) is 107 cm³/mol. The van der Waals surface area contributed by atoms with E-state index in [0.29, 0.717) is 17.8 Å². The lowest BCUT2D eigenvalue weighted by atomic mass is 10.1. The summed E-state index contributed by atoms with van der Waals surface area (Å²) in [5.74, 6) is 0.551. The third kappa shape index (κ3) is 3.42. The van der Waals surface area contributed by atoms with Crippen LogP contribution in [0.4, 0.5) is 5.95 Å². The van der Waals surface area contributed by atoms with Gasteiger partial charge < -0.3 is 0 Å². The lowest BCUT2D eigenvalue weighted by Crippen LogP contribution is -2.15. The van der Waals surface area contributed by atoms with Crippen LogP contribution in [0.25, 0.3) is 17.1 Å². The highest BCUT2D eigenvalue weighted by Gasteiger charge is 2.18. The van der Waals surface area contributed by atoms with E-state index in [4.69, 9.17) is 0 Å². The van der Waals surface area contributed by atoms with Crippen molar-refractivity contribution in [3.05, 3.63) is 77.6 Å². The minimum Gasteiger partial charge on any atom is -0.289 e. The van der Waals surface area contributed by atoms with Gasteiger partial charge >= 0.3 is 0 Å². The fourth-order valence-corrected chi connectivity index (χ4v) is 3.02. The number of para-hydroxylation sites is 1. The number of hydrogen-bond acceptors (Lipinski definition) is 4. The van der Waals surface area contributed by atoms with E-state index in [1.807, 2.05) is 68.4 Å². The molecule has 0 bridgehead atoms. The number of aromatic nitrogens is 5. The van der Waals surface area contributed by atoms with Crippen LogP contribution < -0.4 is 5.32 Å². The van der Waals surface area contributed by atoms with Crippen molar-refractivity contribution in [1.82, 2.24) is 25.0 Å². The number of rotatable bonds is 5. The number of H-pyrrole nitrogens is 1. The fourth-order valence-electron chi connectivity index (χ4n) is 3.02. The molecule has 0 aliphatic rings. The second kappa shape index (κ2) is 7.48. The van der Waals surface area contributed by atoms with E-state index in [0.717, 1.165) is 16.9 Å². The van der Waals surface area contributed by atoms with Gasteiger partial charge in [0.15, 0.2) is 5.82 Å². The van der Waals surface area contributed by atoms with Crippen LogP contribution in [0, 0.1) is 6.92 Å². The molecule has 2 aromatic heterocycles. The van der Waals surface area contributed by atoms with E-state index >= 15 is 0 Å². The van der Waals surface area contributed by atoms with Gasteiger partial charge in [0.05, 0.1) is 23.1 Å². The molecule has 7 nitrogen and oxygen atoms in total. The lowest BCUT2D eigenvalue weighted by Gasteiger charge is -2.07. The van der Waals surface area contributed by atoms with E-state index < -0.39 is 0 Å². The molecule has 0 spiro atoms. The molecule has 140 valence electrons. The van der Waals surface area contributed by atoms with Gasteiger partial charge in [-0.25, -0.2) is 4.68 Å². The Labute approximate surface area is 162 Å². The summed E-state index contributed by atoms with van der Waals surface area (Å²) in [5.41, 5.74) is 4.33. The van der Waals surface area contributed by atoms with Gasteiger partial charge in [-0.15, -0.1) is 5.10 Å². The van der Waals surface area contributed by atoms with Crippen molar-refractivity contribution in [1.29, 1.82) is 0 Å². The van der Waals surface area contributed by atoms with Crippen LogP contribution in [-0.4, -0.2) is 30.9 Å². The van der Waals surface area contributed by atoms with Crippen molar-refractivity contribution >= 4 is 11.9 Å². The van der Waals surface area contributed by atoms with Crippen molar-refractivity contribution < 1.29 is 4.79 Å². The topological polar surface area (TPSA) is 88.5 Å². The maximum absolute atomic E-state index is 12.8. The number of aromatic amines is 1. The highest BCUT2D eigenvalue weighted by Crippen LogP contribution is 2.19. The zero-order valence-electron chi connectivity index (χ0n) is 15.7. The summed E-state index contributed by atoms with van der Waals surface area (Å²) in [5, 5.41) is 14.1. The molecule has 0 fully saturated rings. The summed E-state index contributed by atoms with van der Waals surface area (Å²) in [7, 11) is 0. The van der Waals surface area contributed by atoms with Crippen LogP contribution in [0.2, 0.25) is 0 Å². The first-order chi connectivity index (χ1) is 13.7. The number of benzene rings is 2. The van der Waals surface area contributed by atoms with E-state index in [2.05, 4.69) is 25.6 Å². The minimum absolute atomic E-state index is 0.232. The highest BCUT2D eigenvalue weighted by atomic mass is 16.1. The average molecular weight is 372 g/mol. The van der Waals surface area contributed by atoms with Gasteiger partial charge in [0.25, 0.3) is 5.91 Å². The van der Waals surface area contributed by atoms with E-state index in [9.17, 15) is 4.79 Å². The molecule has 2 heterocycles. The summed E-state index contributed by atoms with van der Waals surface area (Å²) in [6.45, 7) is 4.02. The van der Waals surface area contributed by atoms with Crippen molar-refractivity contribution in [2.24, 2.45) is 0 Å². The molecule has 0 aliphatic carbocycles. The van der Waals surface area contributed by atoms with Crippen molar-refractivity contribution in [2.45, 2.75) is 20.3 Å². The molecule has 0 radical (unpaired) electrons. The van der Waals surface area contributed by atoms with E-state index in [-0.39, 0.29) is 11.9 Å². The second-order valence-corrected chi connectivity index (χ2v) is 6.43. The van der Waals surface area contributed by atoms with Crippen molar-refractivity contribution in [2.75, 3.05) is 5.32 Å². The molecule has 0 unspecified atom stereocenters. The molecule has 2 aromatic carbocycles. The molecule has 7 heteroatoms. The highest BCUT2D eigenvalue weighted by molar-refractivity contribution is 6.04. The SMILES string of the molecule is CCc1c(C(=O)Nc2n[nH]c(-c3ccc(C)cc3)n2)cnn1-c1ccccc1. The van der Waals surface area contributed by atoms with Crippen molar-refractivity contribution in [3.8, 4) is 17.1 Å². The maximum Gasteiger partial charge on any atom is 0.261 e. The number of carbonyl (C=O) groups excluding carboxylic acids is 1. The number of aryl methyl sites for hydroxylation is 1. The molecule has 4 aromatic rings. The monoisotopic (exact) mass is 372 g/mol. The largest absolute Gasteiger partial charge is 0.289 e. The summed E-state index contributed by atoms with van der Waals surface area (Å²) in [6.07, 6.45) is 2.25. The van der Waals surface area contributed by atoms with E-state index in [1.165, 1.54) is 5.56 Å². The van der Waals surface area contributed by atoms with Crippen molar-refractivity contribution in [3.63, 3.8) is 0 Å². The quantitative estimate of drug-likeness (QED) is 0.558. The third-order valence-corrected chi connectivity index (χ3v) is 4.48. The Hall–Kier alpha value is -3.74. The number of amides is 1. The van der Waals surface area contributed by atoms with Crippen LogP contribution in [0.5, 0.6) is 0 Å². The molecule has 0 atom stereocenters. The third-order valence-electron chi connectivity index (χ3n) is 4.48. The first kappa shape index (κ1) is 17.7. The summed E-state index contributed by atoms with van der Waals surface area (Å²) >= 11 is 0. The minimum atomic E-state index is -0.284. The molecular weight excluding hydrogens is 352 g/mol. The van der Waals surface area contributed by atoms with Gasteiger partial charge in [-0.1, -0.05) is 55.0 Å². The molecule has 0 aliphatic heterocycles. The summed E-state index contributed by atoms with van der Waals surface area (Å²) in [6, 6.07) is 17.7. The van der Waals surface area contributed by atoms with Crippen LogP contribution in [0.1, 0.15) is 28.5 Å². The molecular formula is C21H20N6O. The van der Waals surface area contributed by atoms with Crippen LogP contribution in [0.3, 0.4) is 0 Å². The Kier molecular flexibility index (Phi) is 4.72. The molecule has 0 saturated heterocycles. The smallest absolute Gasteiger partial charge is 0.261 e. The summed E-state index contributed by atoms with van der Waals surface area (Å²) in [4.78, 5) is 17.1. The first-order valence-electron chi connectivity index (χ1n) is 9.09. The molecule has 4 rings (SSSR count). The lowest BCUT2D eigenvalue weighted by molar-refractivity contribution is 0.102. The maximum atomic E-state index is 12.8. The molecule has 2 N–H and O–H groups in total. The van der Waals surface area contributed by atoms with Gasteiger partial charge in [-0.05, 0) is 25.5 Å². The number of carbonyl (C=O) groups is 1. The van der Waals surface area contributed by atoms with Gasteiger partial charge in [0.2, 0.25) is 5.95 Å². The van der Waals surface area contributed by atoms with E-state index in [1.54, 1.807) is 10.9 Å². The predicted octanol–water partition coefficient (Wildman–Crippen LogP) is 3.78. The Morgan fingerprint density at radius 1 is 1.11 bits per heavy atom. The number of nitrogens with one attached hydrogen (secondary N) is 2. The molecule has 28 heavy (non-hydrogen) atoms. The zero-order valence-corrected chi connectivity index (χ0v) is 15.7. The van der Waals surface area contributed by atoms with Crippen LogP contribution in [-0.2, 0) is 6.42 Å². The first-order valence-corrected chi connectivity index (χ1v) is 9.09. The Bertz CT molecular complexity index is 1100. The summed E-state index contributed by atoms with van der Waals surface area (Å²) < 4.78 is 1.78. The average Bonchev–Trinajstić information content (AvgIpc) is 3.36. The zero-order chi connectivity index (χ0) is 19.5. The number of hydrogen-bond donors (Lipinski definition) is 2. The Morgan fingerprint density at radius 2 is 1.86 bits per heavy atom. The number of anilines is 1. The molecule has 1 amide bonds. The van der Waals surface area contributed by atoms with Crippen LogP contribution in [0.15, 0.2) is 60.8 Å². The Balaban J connectivity index is 1.56. The van der Waals surface area contributed by atoms with Gasteiger partial charge in [0.1, 0.15) is 0 Å². The van der Waals surface area contributed by atoms with Gasteiger partial charge in [-0.2, -0.15) is 10.1 Å². The normalized spacial score (nSPS) is 10.8. The molecule has 0 saturated carbocycles. The standard InChI is InChI=1S/C21H20N6O/c1-3-18-17(13-22-27(18)16-7-5-4-6-8-16)20(28)24-21-23-19(25-26-21)15-11-9-14(2)10-12-15/h4-13H,3H2,1-2H3,(H2,23,24,25,26,28).